The van der Waals surface area contributed by atoms with Crippen LogP contribution in [0.2, 0.25) is 0 Å². The average molecular weight is 704 g/mol. The van der Waals surface area contributed by atoms with Gasteiger partial charge in [0.2, 0.25) is 12.0 Å². The minimum atomic E-state index is -2.73. The fourth-order valence-corrected chi connectivity index (χ4v) is 4.70. The Morgan fingerprint density at radius 3 is 1.65 bits per heavy atom. The molecule has 0 spiro atoms. The molecule has 17 atom stereocenters. The van der Waals surface area contributed by atoms with Crippen molar-refractivity contribution in [3.8, 4) is 0 Å². The lowest BCUT2D eigenvalue weighted by Crippen LogP contribution is -2.67. The standard InChI is InChI=1S/C24H32O24/c25-2-4(27)6(28)13(12(34)19(37)38)44-23-10(32)8(30)15(17(47-23)21(41)42)46-24-11(33)9(31)14(16(48-24)20(39)40)45-22-7(29)3(26)1-5(43-22)18(35)36/h1-4,6-17,22-24,26-34H,(H,35,36)(H,37,38)(H,39,40)(H,41,42)/t3-,4-,6+,7+,8+,9+,10+,11+,12-,13-,14-,15-,16-,17-,22-,23+,24+/m0/s1. The van der Waals surface area contributed by atoms with Crippen LogP contribution in [0, 0.1) is 0 Å². The highest BCUT2D eigenvalue weighted by atomic mass is 16.8. The Labute approximate surface area is 265 Å². The zero-order valence-electron chi connectivity index (χ0n) is 23.8. The first kappa shape index (κ1) is 39.0. The van der Waals surface area contributed by atoms with E-state index in [1.54, 1.807) is 0 Å². The number of hydrogen-bond acceptors (Lipinski definition) is 20. The minimum Gasteiger partial charge on any atom is -0.479 e. The lowest BCUT2D eigenvalue weighted by Gasteiger charge is -2.46. The number of aliphatic hydroxyl groups is 9. The van der Waals surface area contributed by atoms with Crippen LogP contribution in [0.4, 0.5) is 0 Å². The van der Waals surface area contributed by atoms with Crippen LogP contribution in [0.25, 0.3) is 0 Å². The van der Waals surface area contributed by atoms with Crippen LogP contribution in [0.5, 0.6) is 0 Å². The normalized spacial score (nSPS) is 39.5. The molecule has 3 aliphatic rings. The van der Waals surface area contributed by atoms with Crippen LogP contribution in [0.3, 0.4) is 0 Å². The number of aldehydes is 1. The van der Waals surface area contributed by atoms with Gasteiger partial charge in [0.05, 0.1) is 0 Å². The summed E-state index contributed by atoms with van der Waals surface area (Å²) in [5, 5.41) is 130. The number of carbonyl (C=O) groups is 5. The Balaban J connectivity index is 1.83. The molecule has 3 rings (SSSR count). The van der Waals surface area contributed by atoms with Gasteiger partial charge in [-0.25, -0.2) is 19.2 Å². The molecule has 0 bridgehead atoms. The van der Waals surface area contributed by atoms with Crippen LogP contribution in [0.1, 0.15) is 0 Å². The molecule has 2 fully saturated rings. The van der Waals surface area contributed by atoms with E-state index < -0.39 is 134 Å². The van der Waals surface area contributed by atoms with Crippen molar-refractivity contribution in [2.24, 2.45) is 0 Å². The molecule has 272 valence electrons. The summed E-state index contributed by atoms with van der Waals surface area (Å²) in [5.41, 5.74) is 0. The lowest BCUT2D eigenvalue weighted by atomic mass is 9.96. The maximum atomic E-state index is 12.0. The zero-order chi connectivity index (χ0) is 36.4. The van der Waals surface area contributed by atoms with E-state index in [-0.39, 0.29) is 6.29 Å². The van der Waals surface area contributed by atoms with Gasteiger partial charge in [0, 0.05) is 0 Å². The smallest absolute Gasteiger partial charge is 0.371 e. The topological polar surface area (TPSA) is 404 Å². The van der Waals surface area contributed by atoms with Gasteiger partial charge in [-0.15, -0.1) is 0 Å². The summed E-state index contributed by atoms with van der Waals surface area (Å²) in [7, 11) is 0. The number of hydrogen-bond donors (Lipinski definition) is 13. The highest BCUT2D eigenvalue weighted by molar-refractivity contribution is 5.84. The van der Waals surface area contributed by atoms with Gasteiger partial charge in [-0.05, 0) is 6.08 Å². The first-order chi connectivity index (χ1) is 22.3. The molecule has 24 heteroatoms. The molecular weight excluding hydrogens is 672 g/mol. The molecule has 0 amide bonds. The maximum Gasteiger partial charge on any atom is 0.371 e. The molecule has 2 saturated heterocycles. The third kappa shape index (κ3) is 8.21. The van der Waals surface area contributed by atoms with Gasteiger partial charge in [0.1, 0.15) is 67.1 Å². The quantitative estimate of drug-likeness (QED) is 0.0746. The Hall–Kier alpha value is -3.47. The predicted molar refractivity (Wildman–Crippen MR) is 136 cm³/mol. The summed E-state index contributed by atoms with van der Waals surface area (Å²) >= 11 is 0. The summed E-state index contributed by atoms with van der Waals surface area (Å²) in [5.74, 6) is -8.74. The van der Waals surface area contributed by atoms with Crippen LogP contribution < -0.4 is 0 Å². The molecule has 3 aliphatic heterocycles. The van der Waals surface area contributed by atoms with Gasteiger partial charge in [-0.3, -0.25) is 0 Å². The number of carbonyl (C=O) groups excluding carboxylic acids is 1. The van der Waals surface area contributed by atoms with Crippen molar-refractivity contribution >= 4 is 30.2 Å². The van der Waals surface area contributed by atoms with Crippen molar-refractivity contribution in [2.45, 2.75) is 104 Å². The maximum absolute atomic E-state index is 12.0. The van der Waals surface area contributed by atoms with Crippen LogP contribution >= 0.6 is 0 Å². The summed E-state index contributed by atoms with van der Waals surface area (Å²) in [6.07, 6.45) is -40.0. The SMILES string of the molecule is O=C[C@H](O)[C@@H](O)[C@H](O[C@@H]1O[C@H](C(=O)O)[C@@H](O[C@@H]2O[C@H](C(=O)O)[C@@H](O[C@@H]3OC(C(=O)O)=C[C@H](O)[C@H]3O)[C@H](O)[C@H]2O)[C@H](O)[C@H]1O)[C@H](O)C(=O)O. The summed E-state index contributed by atoms with van der Waals surface area (Å²) in [6, 6.07) is 0. The van der Waals surface area contributed by atoms with Crippen molar-refractivity contribution < 1.29 is 119 Å². The molecule has 0 saturated carbocycles. The fraction of sp³-hybridized carbons (Fsp3) is 0.708. The zero-order valence-corrected chi connectivity index (χ0v) is 23.8. The Morgan fingerprint density at radius 2 is 1.19 bits per heavy atom. The van der Waals surface area contributed by atoms with E-state index in [1.807, 2.05) is 0 Å². The van der Waals surface area contributed by atoms with E-state index >= 15 is 0 Å². The lowest BCUT2D eigenvalue weighted by molar-refractivity contribution is -0.366. The van der Waals surface area contributed by atoms with Crippen LogP contribution in [-0.2, 0) is 52.4 Å². The van der Waals surface area contributed by atoms with E-state index in [1.165, 1.54) is 0 Å². The molecule has 0 aliphatic carbocycles. The highest BCUT2D eigenvalue weighted by Crippen LogP contribution is 2.33. The van der Waals surface area contributed by atoms with E-state index in [2.05, 4.69) is 0 Å². The molecular formula is C24H32O24. The van der Waals surface area contributed by atoms with Crippen molar-refractivity contribution in [3.05, 3.63) is 11.8 Å². The third-order valence-corrected chi connectivity index (χ3v) is 7.24. The molecule has 0 unspecified atom stereocenters. The summed E-state index contributed by atoms with van der Waals surface area (Å²) in [6.45, 7) is 0. The molecule has 0 radical (unpaired) electrons. The first-order valence-electron chi connectivity index (χ1n) is 13.5. The Bertz CT molecular complexity index is 1220. The summed E-state index contributed by atoms with van der Waals surface area (Å²) in [4.78, 5) is 57.5. The van der Waals surface area contributed by atoms with Gasteiger partial charge < -0.3 is 99.6 Å². The molecule has 3 heterocycles. The van der Waals surface area contributed by atoms with Crippen molar-refractivity contribution in [2.75, 3.05) is 0 Å². The van der Waals surface area contributed by atoms with Gasteiger partial charge in [-0.2, -0.15) is 0 Å². The first-order valence-corrected chi connectivity index (χ1v) is 13.5. The second-order valence-electron chi connectivity index (χ2n) is 10.5. The second-order valence-corrected chi connectivity index (χ2v) is 10.5. The van der Waals surface area contributed by atoms with Gasteiger partial charge >= 0.3 is 23.9 Å². The molecule has 0 aromatic heterocycles. The molecule has 0 aromatic rings. The van der Waals surface area contributed by atoms with E-state index in [0.29, 0.717) is 6.08 Å². The second kappa shape index (κ2) is 15.8. The van der Waals surface area contributed by atoms with Crippen molar-refractivity contribution in [1.82, 2.24) is 0 Å². The van der Waals surface area contributed by atoms with E-state index in [9.17, 15) is 80.1 Å². The Morgan fingerprint density at radius 1 is 0.708 bits per heavy atom. The number of aliphatic carboxylic acids is 4. The predicted octanol–water partition coefficient (Wildman–Crippen LogP) is -8.38. The molecule has 13 N–H and O–H groups in total. The Kier molecular flexibility index (Phi) is 12.9. The number of carboxylic acid groups (broad SMARTS) is 4. The van der Waals surface area contributed by atoms with Crippen LogP contribution in [0.15, 0.2) is 11.8 Å². The van der Waals surface area contributed by atoms with Gasteiger partial charge in [0.15, 0.2) is 37.2 Å². The molecule has 48 heavy (non-hydrogen) atoms. The monoisotopic (exact) mass is 704 g/mol. The van der Waals surface area contributed by atoms with Crippen LogP contribution in [-0.4, -0.2) is 201 Å². The van der Waals surface area contributed by atoms with Crippen molar-refractivity contribution in [3.63, 3.8) is 0 Å². The summed E-state index contributed by atoms with van der Waals surface area (Å²) < 4.78 is 30.3. The number of rotatable bonds is 14. The number of aliphatic hydroxyl groups excluding tert-OH is 9. The average Bonchev–Trinajstić information content (AvgIpc) is 3.02. The molecule has 24 nitrogen and oxygen atoms in total. The van der Waals surface area contributed by atoms with E-state index in [4.69, 9.17) is 38.6 Å². The minimum absolute atomic E-state index is 0.283. The highest BCUT2D eigenvalue weighted by Gasteiger charge is 2.56. The largest absolute Gasteiger partial charge is 0.479 e. The number of carboxylic acids is 4. The third-order valence-electron chi connectivity index (χ3n) is 7.24. The van der Waals surface area contributed by atoms with E-state index in [0.717, 1.165) is 0 Å². The van der Waals surface area contributed by atoms with Gasteiger partial charge in [-0.1, -0.05) is 0 Å². The van der Waals surface area contributed by atoms with Crippen molar-refractivity contribution in [1.29, 1.82) is 0 Å². The van der Waals surface area contributed by atoms with Gasteiger partial charge in [0.25, 0.3) is 0 Å². The number of ether oxygens (including phenoxy) is 6. The molecule has 0 aromatic carbocycles. The fourth-order valence-electron chi connectivity index (χ4n) is 4.70.